The highest BCUT2D eigenvalue weighted by Gasteiger charge is 2.13. The zero-order chi connectivity index (χ0) is 16.3. The third-order valence-corrected chi connectivity index (χ3v) is 3.76. The van der Waals surface area contributed by atoms with Crippen molar-refractivity contribution in [3.63, 3.8) is 0 Å². The molecule has 22 heavy (non-hydrogen) atoms. The van der Waals surface area contributed by atoms with Gasteiger partial charge in [0.15, 0.2) is 0 Å². The summed E-state index contributed by atoms with van der Waals surface area (Å²) in [5, 5.41) is 25.4. The Morgan fingerprint density at radius 2 is 2.05 bits per heavy atom. The van der Waals surface area contributed by atoms with Gasteiger partial charge in [0.2, 0.25) is 0 Å². The van der Waals surface area contributed by atoms with Gasteiger partial charge in [-0.2, -0.15) is 5.10 Å². The molecule has 114 valence electrons. The fourth-order valence-electron chi connectivity index (χ4n) is 1.56. The molecule has 2 aromatic carbocycles. The predicted octanol–water partition coefficient (Wildman–Crippen LogP) is 4.82. The molecule has 2 aromatic rings. The molecule has 0 aliphatic heterocycles. The number of nitro benzene ring substituents is 1. The van der Waals surface area contributed by atoms with Crippen LogP contribution in [0.25, 0.3) is 0 Å². The molecule has 9 heteroatoms. The molecule has 0 bridgehead atoms. The lowest BCUT2D eigenvalue weighted by molar-refractivity contribution is -0.385. The molecule has 0 heterocycles. The third kappa shape index (κ3) is 3.88. The van der Waals surface area contributed by atoms with E-state index < -0.39 is 4.92 Å². The average Bonchev–Trinajstić information content (AvgIpc) is 2.45. The van der Waals surface area contributed by atoms with Gasteiger partial charge < -0.3 is 5.11 Å². The molecule has 6 nitrogen and oxygen atoms in total. The number of anilines is 1. The zero-order valence-corrected chi connectivity index (χ0v) is 13.9. The molecule has 0 amide bonds. The molecule has 0 radical (unpaired) electrons. The van der Waals surface area contributed by atoms with Crippen LogP contribution in [-0.4, -0.2) is 16.2 Å². The van der Waals surface area contributed by atoms with Gasteiger partial charge >= 0.3 is 0 Å². The first-order valence-corrected chi connectivity index (χ1v) is 7.34. The molecule has 0 unspecified atom stereocenters. The second-order valence-corrected chi connectivity index (χ2v) is 5.81. The Balaban J connectivity index is 2.24. The van der Waals surface area contributed by atoms with E-state index in [2.05, 4.69) is 26.5 Å². The lowest BCUT2D eigenvalue weighted by atomic mass is 10.2. The van der Waals surface area contributed by atoms with Crippen LogP contribution in [0.15, 0.2) is 39.9 Å². The summed E-state index contributed by atoms with van der Waals surface area (Å²) >= 11 is 14.8. The first-order valence-electron chi connectivity index (χ1n) is 5.79. The Kier molecular flexibility index (Phi) is 5.23. The maximum Gasteiger partial charge on any atom is 0.271 e. The van der Waals surface area contributed by atoms with Gasteiger partial charge in [-0.15, -0.1) is 0 Å². The molecule has 0 atom stereocenters. The van der Waals surface area contributed by atoms with Crippen molar-refractivity contribution in [2.24, 2.45) is 5.10 Å². The molecule has 2 N–H and O–H groups in total. The van der Waals surface area contributed by atoms with Crippen molar-refractivity contribution in [1.29, 1.82) is 0 Å². The fraction of sp³-hybridized carbons (Fsp3) is 0. The Morgan fingerprint density at radius 3 is 2.68 bits per heavy atom. The number of rotatable bonds is 4. The SMILES string of the molecule is O=[N+]([O-])c1cc(Br)c(O)c(C=NNc2ccc(Cl)cc2Cl)c1. The highest BCUT2D eigenvalue weighted by Crippen LogP contribution is 2.31. The number of aromatic hydroxyl groups is 1. The van der Waals surface area contributed by atoms with Crippen LogP contribution < -0.4 is 5.43 Å². The fourth-order valence-corrected chi connectivity index (χ4v) is 2.47. The molecule has 0 spiro atoms. The molecular weight excluding hydrogens is 397 g/mol. The van der Waals surface area contributed by atoms with Gasteiger partial charge in [-0.3, -0.25) is 15.5 Å². The standard InChI is InChI=1S/C13H8BrCl2N3O3/c14-10-5-9(19(21)22)3-7(13(10)20)6-17-18-12-2-1-8(15)4-11(12)16/h1-6,18,20H. The van der Waals surface area contributed by atoms with Gasteiger partial charge in [0.1, 0.15) is 5.75 Å². The van der Waals surface area contributed by atoms with Gasteiger partial charge in [0, 0.05) is 22.7 Å². The van der Waals surface area contributed by atoms with Crippen molar-refractivity contribution < 1.29 is 10.0 Å². The zero-order valence-electron chi connectivity index (χ0n) is 10.8. The number of non-ortho nitro benzene ring substituents is 1. The van der Waals surface area contributed by atoms with Gasteiger partial charge in [-0.1, -0.05) is 23.2 Å². The maximum absolute atomic E-state index is 10.8. The summed E-state index contributed by atoms with van der Waals surface area (Å²) in [4.78, 5) is 10.2. The van der Waals surface area contributed by atoms with Crippen LogP contribution in [0.5, 0.6) is 5.75 Å². The quantitative estimate of drug-likeness (QED) is 0.434. The van der Waals surface area contributed by atoms with Gasteiger partial charge in [0.05, 0.1) is 26.3 Å². The van der Waals surface area contributed by atoms with Crippen molar-refractivity contribution >= 4 is 56.7 Å². The molecule has 0 aliphatic carbocycles. The van der Waals surface area contributed by atoms with Crippen molar-refractivity contribution in [1.82, 2.24) is 0 Å². The lowest BCUT2D eigenvalue weighted by Crippen LogP contribution is -1.94. The van der Waals surface area contributed by atoms with E-state index in [1.54, 1.807) is 18.2 Å². The summed E-state index contributed by atoms with van der Waals surface area (Å²) in [5.74, 6) is -0.154. The Bertz CT molecular complexity index is 768. The summed E-state index contributed by atoms with van der Waals surface area (Å²) in [6.07, 6.45) is 1.25. The molecule has 0 fully saturated rings. The smallest absolute Gasteiger partial charge is 0.271 e. The first kappa shape index (κ1) is 16.5. The number of nitro groups is 1. The second kappa shape index (κ2) is 6.95. The minimum Gasteiger partial charge on any atom is -0.506 e. The van der Waals surface area contributed by atoms with E-state index in [4.69, 9.17) is 23.2 Å². The number of benzene rings is 2. The number of nitrogens with one attached hydrogen (secondary N) is 1. The average molecular weight is 405 g/mol. The van der Waals surface area contributed by atoms with Crippen LogP contribution in [0.3, 0.4) is 0 Å². The normalized spacial score (nSPS) is 10.9. The topological polar surface area (TPSA) is 87.8 Å². The minimum atomic E-state index is -0.564. The van der Waals surface area contributed by atoms with Crippen molar-refractivity contribution in [3.8, 4) is 5.75 Å². The molecule has 0 aliphatic rings. The number of halogens is 3. The summed E-state index contributed by atoms with van der Waals surface area (Å²) in [6.45, 7) is 0. The third-order valence-electron chi connectivity index (χ3n) is 2.61. The highest BCUT2D eigenvalue weighted by molar-refractivity contribution is 9.10. The largest absolute Gasteiger partial charge is 0.506 e. The summed E-state index contributed by atoms with van der Waals surface area (Å²) in [6, 6.07) is 7.21. The van der Waals surface area contributed by atoms with Crippen LogP contribution in [0.2, 0.25) is 10.0 Å². The Hall–Kier alpha value is -1.83. The van der Waals surface area contributed by atoms with E-state index in [-0.39, 0.29) is 21.5 Å². The molecule has 0 aromatic heterocycles. The molecule has 0 saturated carbocycles. The number of phenols is 1. The van der Waals surface area contributed by atoms with E-state index in [0.717, 1.165) is 0 Å². The van der Waals surface area contributed by atoms with Crippen LogP contribution in [0, 0.1) is 10.1 Å². The van der Waals surface area contributed by atoms with E-state index in [0.29, 0.717) is 15.7 Å². The summed E-state index contributed by atoms with van der Waals surface area (Å²) < 4.78 is 0.202. The minimum absolute atomic E-state index is 0.154. The molecule has 2 rings (SSSR count). The van der Waals surface area contributed by atoms with E-state index >= 15 is 0 Å². The van der Waals surface area contributed by atoms with Crippen LogP contribution in [0.1, 0.15) is 5.56 Å². The summed E-state index contributed by atoms with van der Waals surface area (Å²) in [5.41, 5.74) is 3.18. The highest BCUT2D eigenvalue weighted by atomic mass is 79.9. The molecule has 0 saturated heterocycles. The Labute approximate surface area is 143 Å². The van der Waals surface area contributed by atoms with E-state index in [1.165, 1.54) is 18.3 Å². The van der Waals surface area contributed by atoms with Gasteiger partial charge in [0.25, 0.3) is 5.69 Å². The van der Waals surface area contributed by atoms with Crippen LogP contribution >= 0.6 is 39.1 Å². The predicted molar refractivity (Wildman–Crippen MR) is 90.1 cm³/mol. The molecular formula is C13H8BrCl2N3O3. The van der Waals surface area contributed by atoms with Gasteiger partial charge in [-0.25, -0.2) is 0 Å². The van der Waals surface area contributed by atoms with Gasteiger partial charge in [-0.05, 0) is 34.1 Å². The van der Waals surface area contributed by atoms with Crippen molar-refractivity contribution in [2.45, 2.75) is 0 Å². The maximum atomic E-state index is 10.8. The number of nitrogens with zero attached hydrogens (tertiary/aromatic N) is 2. The summed E-state index contributed by atoms with van der Waals surface area (Å²) in [7, 11) is 0. The lowest BCUT2D eigenvalue weighted by Gasteiger charge is -2.04. The van der Waals surface area contributed by atoms with Crippen LogP contribution in [-0.2, 0) is 0 Å². The number of hydrogen-bond acceptors (Lipinski definition) is 5. The first-order chi connectivity index (χ1) is 10.4. The number of hydrogen-bond donors (Lipinski definition) is 2. The van der Waals surface area contributed by atoms with Crippen molar-refractivity contribution in [3.05, 3.63) is 60.5 Å². The van der Waals surface area contributed by atoms with E-state index in [1.807, 2.05) is 0 Å². The number of phenolic OH excluding ortho intramolecular Hbond substituents is 1. The number of hydrazone groups is 1. The monoisotopic (exact) mass is 403 g/mol. The van der Waals surface area contributed by atoms with E-state index in [9.17, 15) is 15.2 Å². The van der Waals surface area contributed by atoms with Crippen LogP contribution in [0.4, 0.5) is 11.4 Å². The van der Waals surface area contributed by atoms with Crippen molar-refractivity contribution in [2.75, 3.05) is 5.43 Å². The second-order valence-electron chi connectivity index (χ2n) is 4.12. The Morgan fingerprint density at radius 1 is 1.32 bits per heavy atom.